The van der Waals surface area contributed by atoms with Crippen LogP contribution >= 0.6 is 0 Å². The van der Waals surface area contributed by atoms with E-state index in [1.807, 2.05) is 19.1 Å². The van der Waals surface area contributed by atoms with E-state index in [1.165, 1.54) is 4.68 Å². The van der Waals surface area contributed by atoms with E-state index in [0.717, 1.165) is 17.7 Å². The summed E-state index contributed by atoms with van der Waals surface area (Å²) in [5.41, 5.74) is 2.56. The summed E-state index contributed by atoms with van der Waals surface area (Å²) in [5.74, 6) is 0.421. The minimum Gasteiger partial charge on any atom is -0.359 e. The normalized spacial score (nSPS) is 10.6. The van der Waals surface area contributed by atoms with E-state index in [9.17, 15) is 10.1 Å². The molecule has 2 rings (SSSR count). The summed E-state index contributed by atoms with van der Waals surface area (Å²) in [6.45, 7) is 4.35. The number of hydrogen-bond acceptors (Lipinski definition) is 5. The lowest BCUT2D eigenvalue weighted by Gasteiger charge is -2.09. The number of hydrogen-bond donors (Lipinski definition) is 1. The molecular weight excluding hydrogens is 270 g/mol. The van der Waals surface area contributed by atoms with Gasteiger partial charge >= 0.3 is 5.69 Å². The van der Waals surface area contributed by atoms with Crippen molar-refractivity contribution in [2.24, 2.45) is 7.05 Å². The van der Waals surface area contributed by atoms with E-state index >= 15 is 0 Å². The van der Waals surface area contributed by atoms with Gasteiger partial charge in [-0.25, -0.2) is 4.68 Å². The van der Waals surface area contributed by atoms with Crippen LogP contribution in [0.1, 0.15) is 30.8 Å². The van der Waals surface area contributed by atoms with Crippen LogP contribution in [-0.2, 0) is 26.4 Å². The zero-order chi connectivity index (χ0) is 15.4. The van der Waals surface area contributed by atoms with E-state index < -0.39 is 0 Å². The fourth-order valence-electron chi connectivity index (χ4n) is 2.32. The van der Waals surface area contributed by atoms with E-state index in [2.05, 4.69) is 22.3 Å². The predicted molar refractivity (Wildman–Crippen MR) is 80.2 cm³/mol. The molecule has 0 unspecified atom stereocenters. The summed E-state index contributed by atoms with van der Waals surface area (Å²) in [5, 5.41) is 18.5. The van der Waals surface area contributed by atoms with Crippen molar-refractivity contribution >= 4 is 11.5 Å². The molecule has 7 heteroatoms. The van der Waals surface area contributed by atoms with Crippen LogP contribution in [0.25, 0.3) is 0 Å². The van der Waals surface area contributed by atoms with Gasteiger partial charge in [-0.05, 0) is 24.5 Å². The highest BCUT2D eigenvalue weighted by molar-refractivity contribution is 5.60. The average Bonchev–Trinajstić information content (AvgIpc) is 2.81. The Balaban J connectivity index is 2.28. The van der Waals surface area contributed by atoms with Gasteiger partial charge in [0.2, 0.25) is 5.82 Å². The van der Waals surface area contributed by atoms with Crippen molar-refractivity contribution in [1.29, 1.82) is 0 Å². The number of nitrogens with one attached hydrogen (secondary N) is 1. The third-order valence-corrected chi connectivity index (χ3v) is 3.40. The summed E-state index contributed by atoms with van der Waals surface area (Å²) < 4.78 is 1.52. The molecule has 2 heterocycles. The van der Waals surface area contributed by atoms with Crippen LogP contribution in [-0.4, -0.2) is 19.7 Å². The van der Waals surface area contributed by atoms with Gasteiger partial charge in [-0.2, -0.15) is 5.10 Å². The standard InChI is InChI=1S/C14H19N5O2/c1-4-10-7-6-8-15-12(10)9-16-14-13(19(20)21)11(5-2)17-18(14)3/h6-8,16H,4-5,9H2,1-3H3. The van der Waals surface area contributed by atoms with Crippen LogP contribution in [0.2, 0.25) is 0 Å². The lowest BCUT2D eigenvalue weighted by molar-refractivity contribution is -0.384. The maximum atomic E-state index is 11.2. The van der Waals surface area contributed by atoms with Gasteiger partial charge < -0.3 is 5.32 Å². The van der Waals surface area contributed by atoms with E-state index in [1.54, 1.807) is 13.2 Å². The predicted octanol–water partition coefficient (Wildman–Crippen LogP) is 2.46. The lowest BCUT2D eigenvalue weighted by Crippen LogP contribution is -2.09. The number of aryl methyl sites for hydroxylation is 3. The van der Waals surface area contributed by atoms with Gasteiger partial charge in [0.05, 0.1) is 17.2 Å². The first kappa shape index (κ1) is 15.0. The van der Waals surface area contributed by atoms with Gasteiger partial charge in [-0.3, -0.25) is 15.1 Å². The molecule has 21 heavy (non-hydrogen) atoms. The van der Waals surface area contributed by atoms with E-state index in [0.29, 0.717) is 24.5 Å². The van der Waals surface area contributed by atoms with Crippen LogP contribution in [0.4, 0.5) is 11.5 Å². The molecule has 0 radical (unpaired) electrons. The first-order chi connectivity index (χ1) is 10.1. The minimum absolute atomic E-state index is 0.0500. The van der Waals surface area contributed by atoms with Crippen molar-refractivity contribution < 1.29 is 4.92 Å². The second-order valence-electron chi connectivity index (χ2n) is 4.69. The minimum atomic E-state index is -0.382. The Morgan fingerprint density at radius 3 is 2.71 bits per heavy atom. The van der Waals surface area contributed by atoms with Crippen LogP contribution < -0.4 is 5.32 Å². The molecule has 0 bridgehead atoms. The molecule has 0 atom stereocenters. The third-order valence-electron chi connectivity index (χ3n) is 3.40. The zero-order valence-electron chi connectivity index (χ0n) is 12.5. The van der Waals surface area contributed by atoms with Crippen LogP contribution in [0, 0.1) is 10.1 Å². The lowest BCUT2D eigenvalue weighted by atomic mass is 10.1. The van der Waals surface area contributed by atoms with Crippen molar-refractivity contribution in [2.75, 3.05) is 5.32 Å². The Morgan fingerprint density at radius 1 is 1.33 bits per heavy atom. The topological polar surface area (TPSA) is 85.9 Å². The fraction of sp³-hybridized carbons (Fsp3) is 0.429. The van der Waals surface area contributed by atoms with Gasteiger partial charge in [0.25, 0.3) is 0 Å². The quantitative estimate of drug-likeness (QED) is 0.652. The Morgan fingerprint density at radius 2 is 2.10 bits per heavy atom. The van der Waals surface area contributed by atoms with Gasteiger partial charge in [-0.15, -0.1) is 0 Å². The largest absolute Gasteiger partial charge is 0.359 e. The molecular formula is C14H19N5O2. The SMILES string of the molecule is CCc1cccnc1CNc1c([N+](=O)[O-])c(CC)nn1C. The van der Waals surface area contributed by atoms with Gasteiger partial charge in [0, 0.05) is 13.2 Å². The molecule has 2 aromatic rings. The Hall–Kier alpha value is -2.44. The Labute approximate surface area is 123 Å². The maximum absolute atomic E-state index is 11.2. The molecule has 0 fully saturated rings. The van der Waals surface area contributed by atoms with Crippen LogP contribution in [0.15, 0.2) is 18.3 Å². The summed E-state index contributed by atoms with van der Waals surface area (Å²) in [7, 11) is 1.70. The highest BCUT2D eigenvalue weighted by Gasteiger charge is 2.25. The van der Waals surface area contributed by atoms with Crippen molar-refractivity contribution in [3.05, 3.63) is 45.4 Å². The Bertz CT molecular complexity index is 651. The molecule has 0 aliphatic heterocycles. The molecule has 1 N–H and O–H groups in total. The molecule has 7 nitrogen and oxygen atoms in total. The second-order valence-corrected chi connectivity index (χ2v) is 4.69. The van der Waals surface area contributed by atoms with Crippen molar-refractivity contribution in [2.45, 2.75) is 33.2 Å². The van der Waals surface area contributed by atoms with Crippen molar-refractivity contribution in [3.8, 4) is 0 Å². The molecule has 0 saturated carbocycles. The average molecular weight is 289 g/mol. The molecule has 0 spiro atoms. The van der Waals surface area contributed by atoms with Gasteiger partial charge in [0.15, 0.2) is 0 Å². The summed E-state index contributed by atoms with van der Waals surface area (Å²) in [4.78, 5) is 15.2. The van der Waals surface area contributed by atoms with Crippen molar-refractivity contribution in [3.63, 3.8) is 0 Å². The monoisotopic (exact) mass is 289 g/mol. The van der Waals surface area contributed by atoms with E-state index in [-0.39, 0.29) is 10.6 Å². The summed E-state index contributed by atoms with van der Waals surface area (Å²) >= 11 is 0. The number of pyridine rings is 1. The number of nitrogens with zero attached hydrogens (tertiary/aromatic N) is 4. The second kappa shape index (κ2) is 6.34. The highest BCUT2D eigenvalue weighted by Crippen LogP contribution is 2.28. The molecule has 0 aliphatic carbocycles. The maximum Gasteiger partial charge on any atom is 0.333 e. The van der Waals surface area contributed by atoms with Gasteiger partial charge in [-0.1, -0.05) is 19.9 Å². The molecule has 0 amide bonds. The van der Waals surface area contributed by atoms with Crippen LogP contribution in [0.3, 0.4) is 0 Å². The van der Waals surface area contributed by atoms with Crippen molar-refractivity contribution in [1.82, 2.24) is 14.8 Å². The first-order valence-corrected chi connectivity index (χ1v) is 6.95. The molecule has 112 valence electrons. The number of anilines is 1. The molecule has 0 aromatic carbocycles. The van der Waals surface area contributed by atoms with Gasteiger partial charge in [0.1, 0.15) is 5.69 Å². The molecule has 2 aromatic heterocycles. The smallest absolute Gasteiger partial charge is 0.333 e. The number of nitro groups is 1. The summed E-state index contributed by atoms with van der Waals surface area (Å²) in [6, 6.07) is 3.91. The molecule has 0 aliphatic rings. The third kappa shape index (κ3) is 3.01. The fourth-order valence-corrected chi connectivity index (χ4v) is 2.32. The molecule has 0 saturated heterocycles. The Kier molecular flexibility index (Phi) is 4.52. The van der Waals surface area contributed by atoms with E-state index in [4.69, 9.17) is 0 Å². The first-order valence-electron chi connectivity index (χ1n) is 6.95. The summed E-state index contributed by atoms with van der Waals surface area (Å²) in [6.07, 6.45) is 3.12. The zero-order valence-corrected chi connectivity index (χ0v) is 12.5. The number of aromatic nitrogens is 3. The van der Waals surface area contributed by atoms with Crippen LogP contribution in [0.5, 0.6) is 0 Å². The number of rotatable bonds is 6. The highest BCUT2D eigenvalue weighted by atomic mass is 16.6.